The van der Waals surface area contributed by atoms with Crippen molar-refractivity contribution >= 4 is 35.5 Å². The van der Waals surface area contributed by atoms with Crippen LogP contribution in [0.5, 0.6) is 0 Å². The summed E-state index contributed by atoms with van der Waals surface area (Å²) in [6.45, 7) is 1.62. The normalized spacial score (nSPS) is 25.0. The molecule has 0 saturated carbocycles. The number of piperidine rings is 1. The van der Waals surface area contributed by atoms with Crippen LogP contribution < -0.4 is 5.32 Å². The number of hydrogen-bond donors (Lipinski definition) is 2. The molecule has 0 radical (unpaired) electrons. The molecule has 0 aromatic heterocycles. The zero-order valence-electron chi connectivity index (χ0n) is 5.26. The van der Waals surface area contributed by atoms with E-state index in [0.29, 0.717) is 6.54 Å². The van der Waals surface area contributed by atoms with E-state index in [-0.39, 0.29) is 35.5 Å². The molecule has 10 heavy (non-hydrogen) atoms. The molecule has 0 amide bonds. The van der Waals surface area contributed by atoms with Gasteiger partial charge in [-0.1, -0.05) is 0 Å². The van der Waals surface area contributed by atoms with E-state index in [1.807, 2.05) is 0 Å². The Labute approximate surface area is 82.5 Å². The van der Waals surface area contributed by atoms with Crippen molar-refractivity contribution in [3.8, 4) is 0 Å². The summed E-state index contributed by atoms with van der Waals surface area (Å²) < 4.78 is 0. The average molecular weight is 153 g/mol. The number of carbonyl (C=O) groups is 1. The van der Waals surface area contributed by atoms with Crippen molar-refractivity contribution in [1.82, 2.24) is 5.32 Å². The van der Waals surface area contributed by atoms with E-state index >= 15 is 0 Å². The Balaban J connectivity index is 0.000000810. The Hall–Kier alpha value is 0.430. The van der Waals surface area contributed by atoms with Crippen molar-refractivity contribution in [3.05, 3.63) is 0 Å². The van der Waals surface area contributed by atoms with E-state index in [1.165, 1.54) is 0 Å². The number of carboxylic acids is 1. The molecule has 1 aliphatic heterocycles. The van der Waals surface area contributed by atoms with E-state index in [0.717, 1.165) is 19.4 Å². The molecule has 0 aromatic carbocycles. The van der Waals surface area contributed by atoms with E-state index in [9.17, 15) is 4.79 Å². The Kier molecular flexibility index (Phi) is 5.35. The number of rotatable bonds is 1. The predicted molar refractivity (Wildman–Crippen MR) is 40.4 cm³/mol. The summed E-state index contributed by atoms with van der Waals surface area (Å²) in [5, 5.41) is 11.5. The maximum atomic E-state index is 10.3. The van der Waals surface area contributed by atoms with Crippen LogP contribution in [0.3, 0.4) is 0 Å². The second kappa shape index (κ2) is 5.13. The van der Waals surface area contributed by atoms with Gasteiger partial charge in [-0.2, -0.15) is 0 Å². The van der Waals surface area contributed by atoms with E-state index in [4.69, 9.17) is 5.11 Å². The first-order valence-corrected chi connectivity index (χ1v) is 3.24. The van der Waals surface area contributed by atoms with E-state index in [2.05, 4.69) is 5.32 Å². The third-order valence-corrected chi connectivity index (χ3v) is 1.65. The SMILES string of the molecule is O=C(O)C1CCCNC1.[NaH]. The van der Waals surface area contributed by atoms with Gasteiger partial charge in [-0.15, -0.1) is 0 Å². The topological polar surface area (TPSA) is 49.3 Å². The zero-order valence-corrected chi connectivity index (χ0v) is 5.26. The molecule has 0 aromatic rings. The van der Waals surface area contributed by atoms with Gasteiger partial charge in [0.1, 0.15) is 0 Å². The van der Waals surface area contributed by atoms with Crippen molar-refractivity contribution in [2.75, 3.05) is 13.1 Å². The van der Waals surface area contributed by atoms with Gasteiger partial charge >= 0.3 is 35.5 Å². The summed E-state index contributed by atoms with van der Waals surface area (Å²) in [5.74, 6) is -0.805. The molecule has 1 fully saturated rings. The first-order chi connectivity index (χ1) is 4.30. The standard InChI is InChI=1S/C6H11NO2.Na.H/c8-6(9)5-2-1-3-7-4-5;;/h5,7H,1-4H2,(H,8,9);;. The predicted octanol–water partition coefficient (Wildman–Crippen LogP) is -0.578. The fraction of sp³-hybridized carbons (Fsp3) is 0.833. The number of carboxylic acid groups (broad SMARTS) is 1. The first-order valence-electron chi connectivity index (χ1n) is 3.24. The molecule has 1 unspecified atom stereocenters. The molecule has 1 rings (SSSR count). The van der Waals surface area contributed by atoms with Gasteiger partial charge in [0.15, 0.2) is 0 Å². The van der Waals surface area contributed by atoms with Gasteiger partial charge in [-0.3, -0.25) is 4.79 Å². The molecule has 0 aliphatic carbocycles. The second-order valence-electron chi connectivity index (χ2n) is 2.38. The molecule has 0 bridgehead atoms. The minimum atomic E-state index is -0.665. The number of aliphatic carboxylic acids is 1. The van der Waals surface area contributed by atoms with Gasteiger partial charge in [0.25, 0.3) is 0 Å². The summed E-state index contributed by atoms with van der Waals surface area (Å²) >= 11 is 0. The van der Waals surface area contributed by atoms with Crippen LogP contribution in [-0.4, -0.2) is 53.7 Å². The molecule has 3 nitrogen and oxygen atoms in total. The number of hydrogen-bond acceptors (Lipinski definition) is 2. The van der Waals surface area contributed by atoms with Crippen molar-refractivity contribution in [1.29, 1.82) is 0 Å². The molecule has 2 N–H and O–H groups in total. The Morgan fingerprint density at radius 3 is 2.60 bits per heavy atom. The van der Waals surface area contributed by atoms with Crippen molar-refractivity contribution in [2.24, 2.45) is 5.92 Å². The van der Waals surface area contributed by atoms with Crippen LogP contribution >= 0.6 is 0 Å². The zero-order chi connectivity index (χ0) is 6.69. The van der Waals surface area contributed by atoms with Crippen LogP contribution in [0.1, 0.15) is 12.8 Å². The van der Waals surface area contributed by atoms with E-state index < -0.39 is 5.97 Å². The summed E-state index contributed by atoms with van der Waals surface area (Å²) in [6, 6.07) is 0. The first kappa shape index (κ1) is 10.4. The molecule has 54 valence electrons. The summed E-state index contributed by atoms with van der Waals surface area (Å²) in [7, 11) is 0. The maximum absolute atomic E-state index is 10.3. The van der Waals surface area contributed by atoms with Gasteiger partial charge in [-0.25, -0.2) is 0 Å². The quantitative estimate of drug-likeness (QED) is 0.495. The van der Waals surface area contributed by atoms with Crippen LogP contribution in [-0.2, 0) is 4.79 Å². The Morgan fingerprint density at radius 1 is 1.60 bits per heavy atom. The third-order valence-electron chi connectivity index (χ3n) is 1.65. The van der Waals surface area contributed by atoms with Crippen molar-refractivity contribution < 1.29 is 9.90 Å². The number of nitrogens with one attached hydrogen (secondary N) is 1. The van der Waals surface area contributed by atoms with Gasteiger partial charge in [0, 0.05) is 6.54 Å². The molecule has 0 spiro atoms. The second-order valence-corrected chi connectivity index (χ2v) is 2.38. The Morgan fingerprint density at radius 2 is 2.30 bits per heavy atom. The summed E-state index contributed by atoms with van der Waals surface area (Å²) in [4.78, 5) is 10.3. The van der Waals surface area contributed by atoms with E-state index in [1.54, 1.807) is 0 Å². The average Bonchev–Trinajstić information content (AvgIpc) is 1.90. The fourth-order valence-corrected chi connectivity index (χ4v) is 1.06. The molecular formula is C6H12NNaO2. The van der Waals surface area contributed by atoms with Crippen LogP contribution in [0, 0.1) is 5.92 Å². The monoisotopic (exact) mass is 153 g/mol. The minimum absolute atomic E-state index is 0. The molecular weight excluding hydrogens is 141 g/mol. The van der Waals surface area contributed by atoms with Crippen LogP contribution in [0.4, 0.5) is 0 Å². The van der Waals surface area contributed by atoms with Gasteiger partial charge in [0.05, 0.1) is 5.92 Å². The molecule has 1 saturated heterocycles. The van der Waals surface area contributed by atoms with Crippen LogP contribution in [0.25, 0.3) is 0 Å². The molecule has 1 aliphatic rings. The van der Waals surface area contributed by atoms with Gasteiger partial charge in [-0.05, 0) is 19.4 Å². The van der Waals surface area contributed by atoms with Crippen molar-refractivity contribution in [2.45, 2.75) is 12.8 Å². The van der Waals surface area contributed by atoms with Crippen molar-refractivity contribution in [3.63, 3.8) is 0 Å². The Bertz CT molecular complexity index is 112. The van der Waals surface area contributed by atoms with Gasteiger partial charge < -0.3 is 10.4 Å². The van der Waals surface area contributed by atoms with Gasteiger partial charge in [0.2, 0.25) is 0 Å². The summed E-state index contributed by atoms with van der Waals surface area (Å²) in [6.07, 6.45) is 1.83. The van der Waals surface area contributed by atoms with Crippen LogP contribution in [0.2, 0.25) is 0 Å². The molecule has 1 heterocycles. The fourth-order valence-electron chi connectivity index (χ4n) is 1.06. The summed E-state index contributed by atoms with van der Waals surface area (Å²) in [5.41, 5.74) is 0. The molecule has 1 atom stereocenters. The van der Waals surface area contributed by atoms with Crippen LogP contribution in [0.15, 0.2) is 0 Å². The third kappa shape index (κ3) is 3.01. The molecule has 4 heteroatoms.